The summed E-state index contributed by atoms with van der Waals surface area (Å²) in [6.45, 7) is 0. The van der Waals surface area contributed by atoms with Gasteiger partial charge >= 0.3 is 0 Å². The fourth-order valence-corrected chi connectivity index (χ4v) is 2.56. The molecule has 0 aromatic heterocycles. The van der Waals surface area contributed by atoms with Crippen molar-refractivity contribution in [2.24, 2.45) is 0 Å². The average molecular weight is 371 g/mol. The van der Waals surface area contributed by atoms with Crippen LogP contribution in [0.2, 0.25) is 0 Å². The van der Waals surface area contributed by atoms with Crippen molar-refractivity contribution in [3.63, 3.8) is 0 Å². The molecule has 0 heterocycles. The van der Waals surface area contributed by atoms with Crippen molar-refractivity contribution in [3.05, 3.63) is 89.5 Å². The van der Waals surface area contributed by atoms with E-state index in [4.69, 9.17) is 10.00 Å². The number of amides is 2. The Hall–Kier alpha value is -4.11. The van der Waals surface area contributed by atoms with Gasteiger partial charge in [-0.3, -0.25) is 9.59 Å². The normalized spacial score (nSPS) is 9.86. The standard InChI is InChI=1S/C22H17N3O3/c1-28-18-11-9-16(10-12-18)21(26)24-19-7-2-3-8-20(19)25-22(27)17-6-4-5-15(13-17)14-23/h2-13H,1H3,(H,24,26)(H,25,27). The average Bonchev–Trinajstić information content (AvgIpc) is 2.75. The summed E-state index contributed by atoms with van der Waals surface area (Å²) < 4.78 is 5.09. The molecule has 0 aliphatic heterocycles. The second kappa shape index (κ2) is 8.52. The molecule has 0 bridgehead atoms. The lowest BCUT2D eigenvalue weighted by Crippen LogP contribution is -2.16. The number of nitrogens with one attached hydrogen (secondary N) is 2. The van der Waals surface area contributed by atoms with Gasteiger partial charge in [-0.05, 0) is 54.6 Å². The van der Waals surface area contributed by atoms with E-state index in [1.165, 1.54) is 6.07 Å². The zero-order chi connectivity index (χ0) is 19.9. The summed E-state index contributed by atoms with van der Waals surface area (Å²) in [7, 11) is 1.56. The molecule has 0 unspecified atom stereocenters. The lowest BCUT2D eigenvalue weighted by atomic mass is 10.1. The number of hydrogen-bond acceptors (Lipinski definition) is 4. The molecule has 0 radical (unpaired) electrons. The van der Waals surface area contributed by atoms with Gasteiger partial charge in [0.1, 0.15) is 5.75 Å². The number of ether oxygens (including phenoxy) is 1. The lowest BCUT2D eigenvalue weighted by molar-refractivity contribution is 0.101. The van der Waals surface area contributed by atoms with E-state index in [9.17, 15) is 9.59 Å². The number of carbonyl (C=O) groups excluding carboxylic acids is 2. The molecule has 0 aliphatic carbocycles. The summed E-state index contributed by atoms with van der Waals surface area (Å²) in [5, 5.41) is 14.5. The van der Waals surface area contributed by atoms with Crippen molar-refractivity contribution in [1.29, 1.82) is 5.26 Å². The smallest absolute Gasteiger partial charge is 0.255 e. The Morgan fingerprint density at radius 1 is 0.821 bits per heavy atom. The summed E-state index contributed by atoms with van der Waals surface area (Å²) in [5.74, 6) is -0.0251. The van der Waals surface area contributed by atoms with Gasteiger partial charge in [0.05, 0.1) is 30.1 Å². The van der Waals surface area contributed by atoms with E-state index in [2.05, 4.69) is 10.6 Å². The quantitative estimate of drug-likeness (QED) is 0.707. The van der Waals surface area contributed by atoms with Crippen LogP contribution in [0.25, 0.3) is 0 Å². The van der Waals surface area contributed by atoms with Gasteiger partial charge < -0.3 is 15.4 Å². The maximum Gasteiger partial charge on any atom is 0.255 e. The first-order valence-corrected chi connectivity index (χ1v) is 8.46. The molecule has 3 rings (SSSR count). The molecule has 0 aliphatic rings. The largest absolute Gasteiger partial charge is 0.497 e. The topological polar surface area (TPSA) is 91.2 Å². The fourth-order valence-electron chi connectivity index (χ4n) is 2.56. The zero-order valence-electron chi connectivity index (χ0n) is 15.1. The Kier molecular flexibility index (Phi) is 5.68. The van der Waals surface area contributed by atoms with Crippen molar-refractivity contribution in [2.45, 2.75) is 0 Å². The van der Waals surface area contributed by atoms with Crippen molar-refractivity contribution in [3.8, 4) is 11.8 Å². The van der Waals surface area contributed by atoms with Gasteiger partial charge in [-0.15, -0.1) is 0 Å². The first kappa shape index (κ1) is 18.7. The van der Waals surface area contributed by atoms with Crippen LogP contribution in [0.4, 0.5) is 11.4 Å². The number of carbonyl (C=O) groups is 2. The van der Waals surface area contributed by atoms with Crippen LogP contribution >= 0.6 is 0 Å². The Balaban J connectivity index is 1.77. The molecule has 28 heavy (non-hydrogen) atoms. The minimum Gasteiger partial charge on any atom is -0.497 e. The Bertz CT molecular complexity index is 1050. The number of nitrogens with zero attached hydrogens (tertiary/aromatic N) is 1. The van der Waals surface area contributed by atoms with E-state index in [1.807, 2.05) is 6.07 Å². The van der Waals surface area contributed by atoms with Crippen LogP contribution in [-0.4, -0.2) is 18.9 Å². The van der Waals surface area contributed by atoms with E-state index < -0.39 is 0 Å². The van der Waals surface area contributed by atoms with E-state index in [0.717, 1.165) is 0 Å². The van der Waals surface area contributed by atoms with Crippen LogP contribution in [0.5, 0.6) is 5.75 Å². The van der Waals surface area contributed by atoms with Gasteiger partial charge in [-0.25, -0.2) is 0 Å². The Labute approximate surface area is 162 Å². The highest BCUT2D eigenvalue weighted by Crippen LogP contribution is 2.23. The Morgan fingerprint density at radius 3 is 2.00 bits per heavy atom. The summed E-state index contributed by atoms with van der Waals surface area (Å²) in [4.78, 5) is 25.0. The van der Waals surface area contributed by atoms with Crippen LogP contribution in [0.1, 0.15) is 26.3 Å². The highest BCUT2D eigenvalue weighted by atomic mass is 16.5. The molecule has 0 spiro atoms. The molecule has 0 saturated heterocycles. The predicted molar refractivity (Wildman–Crippen MR) is 106 cm³/mol. The molecule has 2 amide bonds. The van der Waals surface area contributed by atoms with E-state index in [-0.39, 0.29) is 11.8 Å². The van der Waals surface area contributed by atoms with Crippen molar-refractivity contribution in [2.75, 3.05) is 17.7 Å². The molecule has 0 atom stereocenters. The third-order valence-corrected chi connectivity index (χ3v) is 4.03. The minimum atomic E-state index is -0.372. The molecular formula is C22H17N3O3. The van der Waals surface area contributed by atoms with Crippen LogP contribution in [-0.2, 0) is 0 Å². The molecule has 2 N–H and O–H groups in total. The number of rotatable bonds is 5. The van der Waals surface area contributed by atoms with Crippen LogP contribution in [0, 0.1) is 11.3 Å². The van der Waals surface area contributed by atoms with Gasteiger partial charge in [-0.1, -0.05) is 18.2 Å². The predicted octanol–water partition coefficient (Wildman–Crippen LogP) is 4.07. The first-order chi connectivity index (χ1) is 13.6. The molecule has 3 aromatic carbocycles. The van der Waals surface area contributed by atoms with Gasteiger partial charge in [0.15, 0.2) is 0 Å². The van der Waals surface area contributed by atoms with Crippen LogP contribution in [0.3, 0.4) is 0 Å². The monoisotopic (exact) mass is 371 g/mol. The minimum absolute atomic E-state index is 0.309. The van der Waals surface area contributed by atoms with Gasteiger partial charge in [0.25, 0.3) is 11.8 Å². The molecule has 138 valence electrons. The SMILES string of the molecule is COc1ccc(C(=O)Nc2ccccc2NC(=O)c2cccc(C#N)c2)cc1. The molecule has 6 heteroatoms. The highest BCUT2D eigenvalue weighted by molar-refractivity contribution is 6.10. The molecule has 3 aromatic rings. The number of methoxy groups -OCH3 is 1. The highest BCUT2D eigenvalue weighted by Gasteiger charge is 2.12. The van der Waals surface area contributed by atoms with E-state index in [0.29, 0.717) is 33.8 Å². The lowest BCUT2D eigenvalue weighted by Gasteiger charge is -2.12. The number of anilines is 2. The summed E-state index contributed by atoms with van der Waals surface area (Å²) in [5.41, 5.74) is 2.14. The summed E-state index contributed by atoms with van der Waals surface area (Å²) in [6.07, 6.45) is 0. The second-order valence-electron chi connectivity index (χ2n) is 5.87. The van der Waals surface area contributed by atoms with E-state index >= 15 is 0 Å². The van der Waals surface area contributed by atoms with Gasteiger partial charge in [0, 0.05) is 11.1 Å². The molecular weight excluding hydrogens is 354 g/mol. The van der Waals surface area contributed by atoms with Gasteiger partial charge in [-0.2, -0.15) is 5.26 Å². The Morgan fingerprint density at radius 2 is 1.43 bits per heavy atom. The third-order valence-electron chi connectivity index (χ3n) is 4.03. The molecule has 0 fully saturated rings. The summed E-state index contributed by atoms with van der Waals surface area (Å²) >= 11 is 0. The van der Waals surface area contributed by atoms with E-state index in [1.54, 1.807) is 73.8 Å². The number of benzene rings is 3. The maximum atomic E-state index is 12.5. The zero-order valence-corrected chi connectivity index (χ0v) is 15.1. The fraction of sp³-hybridized carbons (Fsp3) is 0.0455. The summed E-state index contributed by atoms with van der Waals surface area (Å²) in [6, 6.07) is 22.0. The second-order valence-corrected chi connectivity index (χ2v) is 5.87. The van der Waals surface area contributed by atoms with Crippen molar-refractivity contribution < 1.29 is 14.3 Å². The molecule has 0 saturated carbocycles. The number of para-hydroxylation sites is 2. The van der Waals surface area contributed by atoms with Crippen molar-refractivity contribution in [1.82, 2.24) is 0 Å². The van der Waals surface area contributed by atoms with Crippen molar-refractivity contribution >= 4 is 23.2 Å². The van der Waals surface area contributed by atoms with Gasteiger partial charge in [0.2, 0.25) is 0 Å². The number of hydrogen-bond donors (Lipinski definition) is 2. The number of nitriles is 1. The van der Waals surface area contributed by atoms with Crippen LogP contribution < -0.4 is 15.4 Å². The van der Waals surface area contributed by atoms with Crippen LogP contribution in [0.15, 0.2) is 72.8 Å². The molecule has 6 nitrogen and oxygen atoms in total. The maximum absolute atomic E-state index is 12.5. The first-order valence-electron chi connectivity index (χ1n) is 8.46. The third kappa shape index (κ3) is 4.34.